The molecule has 0 saturated heterocycles. The van der Waals surface area contributed by atoms with Gasteiger partial charge in [0.25, 0.3) is 5.56 Å². The Hall–Kier alpha value is -4.26. The standard InChI is InChI=1S/C30H43FN8O8S/c1-19(40)35-22(25(41)33-9-11-44-13-15-46-16-14-45-12-10-34-29(43)47-30(2,3)4)18-48-28-36-23-24(37-27(32)38-26(23)42)39(28)17-20-5-7-21(31)8-6-20/h5-8,22H,9-18H2,1-4H3,(H,33,41)(H,34,43)(H,35,40)(H3,32,37,38,42)/t22-/m0/s1. The number of aromatic nitrogens is 4. The summed E-state index contributed by atoms with van der Waals surface area (Å²) in [7, 11) is 0. The summed E-state index contributed by atoms with van der Waals surface area (Å²) >= 11 is 1.14. The third kappa shape index (κ3) is 13.5. The monoisotopic (exact) mass is 694 g/mol. The van der Waals surface area contributed by atoms with E-state index in [-0.39, 0.29) is 42.6 Å². The van der Waals surface area contributed by atoms with Gasteiger partial charge in [-0.1, -0.05) is 23.9 Å². The van der Waals surface area contributed by atoms with Crippen molar-refractivity contribution in [1.29, 1.82) is 0 Å². The molecule has 3 amide bonds. The maximum atomic E-state index is 13.5. The van der Waals surface area contributed by atoms with Gasteiger partial charge in [-0.15, -0.1) is 0 Å². The number of nitrogen functional groups attached to an aromatic ring is 1. The summed E-state index contributed by atoms with van der Waals surface area (Å²) in [5.74, 6) is -1.24. The summed E-state index contributed by atoms with van der Waals surface area (Å²) in [5, 5.41) is 8.33. The van der Waals surface area contributed by atoms with Crippen molar-refractivity contribution >= 4 is 46.8 Å². The number of halogens is 1. The van der Waals surface area contributed by atoms with Crippen LogP contribution in [0.5, 0.6) is 0 Å². The van der Waals surface area contributed by atoms with E-state index in [0.717, 1.165) is 17.3 Å². The van der Waals surface area contributed by atoms with E-state index in [2.05, 4.69) is 30.9 Å². The van der Waals surface area contributed by atoms with Gasteiger partial charge in [0.05, 0.1) is 46.2 Å². The lowest BCUT2D eigenvalue weighted by molar-refractivity contribution is -0.127. The molecule has 0 fully saturated rings. The van der Waals surface area contributed by atoms with Crippen molar-refractivity contribution in [3.05, 3.63) is 46.0 Å². The Morgan fingerprint density at radius 3 is 2.19 bits per heavy atom. The molecular formula is C30H43FN8O8S. The quantitative estimate of drug-likeness (QED) is 0.0884. The molecule has 0 unspecified atom stereocenters. The third-order valence-electron chi connectivity index (χ3n) is 6.12. The van der Waals surface area contributed by atoms with E-state index in [9.17, 15) is 23.6 Å². The molecule has 0 bridgehead atoms. The molecular weight excluding hydrogens is 651 g/mol. The number of nitrogens with zero attached hydrogens (tertiary/aromatic N) is 3. The average Bonchev–Trinajstić information content (AvgIpc) is 3.34. The predicted octanol–water partition coefficient (Wildman–Crippen LogP) is 1.18. The van der Waals surface area contributed by atoms with Crippen LogP contribution in [0.25, 0.3) is 11.2 Å². The third-order valence-corrected chi connectivity index (χ3v) is 7.19. The summed E-state index contributed by atoms with van der Waals surface area (Å²) in [4.78, 5) is 60.0. The second-order valence-corrected chi connectivity index (χ2v) is 12.3. The van der Waals surface area contributed by atoms with E-state index in [4.69, 9.17) is 24.7 Å². The van der Waals surface area contributed by atoms with Crippen LogP contribution in [0.1, 0.15) is 33.3 Å². The fraction of sp³-hybridized carbons (Fsp3) is 0.533. The van der Waals surface area contributed by atoms with Crippen LogP contribution >= 0.6 is 11.8 Å². The van der Waals surface area contributed by atoms with Crippen LogP contribution in [-0.4, -0.2) is 108 Å². The zero-order chi connectivity index (χ0) is 35.1. The number of ether oxygens (including phenoxy) is 4. The highest BCUT2D eigenvalue weighted by Gasteiger charge is 2.23. The van der Waals surface area contributed by atoms with Gasteiger partial charge in [-0.05, 0) is 38.5 Å². The van der Waals surface area contributed by atoms with E-state index in [0.29, 0.717) is 44.7 Å². The molecule has 18 heteroatoms. The fourth-order valence-corrected chi connectivity index (χ4v) is 5.08. The largest absolute Gasteiger partial charge is 0.444 e. The number of alkyl carbamates (subject to hydrolysis) is 1. The van der Waals surface area contributed by atoms with E-state index in [1.54, 1.807) is 37.5 Å². The summed E-state index contributed by atoms with van der Waals surface area (Å²) in [6.45, 7) is 9.20. The van der Waals surface area contributed by atoms with Crippen LogP contribution < -0.4 is 27.2 Å². The molecule has 0 radical (unpaired) electrons. The number of rotatable bonds is 19. The first-order chi connectivity index (χ1) is 22.8. The van der Waals surface area contributed by atoms with Gasteiger partial charge in [-0.2, -0.15) is 4.98 Å². The second-order valence-electron chi connectivity index (χ2n) is 11.4. The Morgan fingerprint density at radius 1 is 0.979 bits per heavy atom. The fourth-order valence-electron chi connectivity index (χ4n) is 4.07. The highest BCUT2D eigenvalue weighted by molar-refractivity contribution is 7.99. The number of carbonyl (C=O) groups is 3. The van der Waals surface area contributed by atoms with Crippen molar-refractivity contribution in [2.24, 2.45) is 0 Å². The van der Waals surface area contributed by atoms with Crippen LogP contribution in [0.15, 0.2) is 34.2 Å². The zero-order valence-corrected chi connectivity index (χ0v) is 28.2. The highest BCUT2D eigenvalue weighted by Crippen LogP contribution is 2.24. The lowest BCUT2D eigenvalue weighted by Crippen LogP contribution is -2.48. The van der Waals surface area contributed by atoms with E-state index >= 15 is 0 Å². The number of H-pyrrole nitrogens is 1. The number of nitrogens with two attached hydrogens (primary N) is 1. The molecule has 264 valence electrons. The van der Waals surface area contributed by atoms with E-state index in [1.807, 2.05) is 0 Å². The molecule has 1 atom stereocenters. The van der Waals surface area contributed by atoms with Crippen molar-refractivity contribution in [2.45, 2.75) is 51.0 Å². The predicted molar refractivity (Wildman–Crippen MR) is 176 cm³/mol. The molecule has 0 aliphatic carbocycles. The van der Waals surface area contributed by atoms with Gasteiger partial charge >= 0.3 is 6.09 Å². The minimum absolute atomic E-state index is 0.0515. The number of hydrogen-bond donors (Lipinski definition) is 5. The summed E-state index contributed by atoms with van der Waals surface area (Å²) in [6.07, 6.45) is -0.500. The number of fused-ring (bicyclic) bond motifs is 1. The van der Waals surface area contributed by atoms with Crippen molar-refractivity contribution in [3.63, 3.8) is 0 Å². The number of amides is 3. The molecule has 0 aliphatic heterocycles. The molecule has 0 saturated carbocycles. The van der Waals surface area contributed by atoms with Gasteiger partial charge in [0.1, 0.15) is 17.5 Å². The lowest BCUT2D eigenvalue weighted by Gasteiger charge is -2.19. The number of imidazole rings is 1. The zero-order valence-electron chi connectivity index (χ0n) is 27.4. The number of hydrogen-bond acceptors (Lipinski definition) is 12. The molecule has 0 aliphatic rings. The molecule has 3 aromatic rings. The SMILES string of the molecule is CC(=O)N[C@@H](CSc1nc2c(=O)[nH]c(N)nc2n1Cc1ccc(F)cc1)C(=O)NCCOCCOCCOCCNC(=O)OC(C)(C)C. The molecule has 2 aromatic heterocycles. The molecule has 0 spiro atoms. The smallest absolute Gasteiger partial charge is 0.407 e. The van der Waals surface area contributed by atoms with Crippen LogP contribution in [0, 0.1) is 5.82 Å². The summed E-state index contributed by atoms with van der Waals surface area (Å²) < 4.78 is 36.6. The average molecular weight is 695 g/mol. The maximum Gasteiger partial charge on any atom is 0.407 e. The van der Waals surface area contributed by atoms with Crippen molar-refractivity contribution in [2.75, 3.05) is 64.2 Å². The van der Waals surface area contributed by atoms with Crippen molar-refractivity contribution in [3.8, 4) is 0 Å². The van der Waals surface area contributed by atoms with E-state index < -0.39 is 40.9 Å². The first-order valence-corrected chi connectivity index (χ1v) is 16.2. The molecule has 6 N–H and O–H groups in total. The first kappa shape index (κ1) is 38.2. The maximum absolute atomic E-state index is 13.5. The molecule has 16 nitrogen and oxygen atoms in total. The van der Waals surface area contributed by atoms with Gasteiger partial charge in [0.2, 0.25) is 17.8 Å². The van der Waals surface area contributed by atoms with Crippen molar-refractivity contribution < 1.29 is 37.7 Å². The Labute approximate surface area is 281 Å². The van der Waals surface area contributed by atoms with Gasteiger partial charge in [-0.3, -0.25) is 23.9 Å². The van der Waals surface area contributed by atoms with Crippen LogP contribution in [0.3, 0.4) is 0 Å². The van der Waals surface area contributed by atoms with Gasteiger partial charge in [-0.25, -0.2) is 14.2 Å². The van der Waals surface area contributed by atoms with Gasteiger partial charge < -0.3 is 40.6 Å². The number of anilines is 1. The Balaban J connectivity index is 1.40. The Kier molecular flexibility index (Phi) is 15.1. The number of thioether (sulfide) groups is 1. The second kappa shape index (κ2) is 18.9. The lowest BCUT2D eigenvalue weighted by atomic mass is 10.2. The first-order valence-electron chi connectivity index (χ1n) is 15.2. The number of aromatic amines is 1. The van der Waals surface area contributed by atoms with Crippen LogP contribution in [0.2, 0.25) is 0 Å². The molecule has 48 heavy (non-hydrogen) atoms. The summed E-state index contributed by atoms with van der Waals surface area (Å²) in [5.41, 5.74) is 5.68. The molecule has 3 rings (SSSR count). The van der Waals surface area contributed by atoms with Gasteiger partial charge in [0, 0.05) is 25.8 Å². The van der Waals surface area contributed by atoms with Crippen molar-refractivity contribution in [1.82, 2.24) is 35.5 Å². The van der Waals surface area contributed by atoms with Gasteiger partial charge in [0.15, 0.2) is 16.3 Å². The minimum Gasteiger partial charge on any atom is -0.444 e. The molecule has 2 heterocycles. The number of carbonyl (C=O) groups excluding carboxylic acids is 3. The topological polar surface area (TPSA) is 214 Å². The van der Waals surface area contributed by atoms with Crippen LogP contribution in [0.4, 0.5) is 15.1 Å². The Morgan fingerprint density at radius 2 is 1.58 bits per heavy atom. The minimum atomic E-state index is -0.925. The van der Waals surface area contributed by atoms with E-state index in [1.165, 1.54) is 19.1 Å². The number of benzene rings is 1. The summed E-state index contributed by atoms with van der Waals surface area (Å²) in [6, 6.07) is 4.90. The normalized spacial score (nSPS) is 12.1. The highest BCUT2D eigenvalue weighted by atomic mass is 32.2. The Bertz CT molecular complexity index is 1560. The number of nitrogens with one attached hydrogen (secondary N) is 4. The molecule has 1 aromatic carbocycles. The van der Waals surface area contributed by atoms with Crippen LogP contribution in [-0.2, 0) is 35.1 Å².